The summed E-state index contributed by atoms with van der Waals surface area (Å²) in [6.45, 7) is 10.2. The molecular weight excluding hydrogens is 316 g/mol. The number of carboxylic acids is 2. The minimum absolute atomic E-state index is 0.124. The van der Waals surface area contributed by atoms with Crippen LogP contribution in [0.15, 0.2) is 12.2 Å². The topological polar surface area (TPSA) is 74.6 Å². The monoisotopic (exact) mass is 352 g/mol. The van der Waals surface area contributed by atoms with Crippen molar-refractivity contribution in [3.8, 4) is 0 Å². The fraction of sp³-hybridized carbons (Fsp3) is 0.810. The van der Waals surface area contributed by atoms with E-state index in [1.807, 2.05) is 27.7 Å². The Labute approximate surface area is 152 Å². The second-order valence-electron chi connectivity index (χ2n) is 8.96. The van der Waals surface area contributed by atoms with Crippen LogP contribution < -0.4 is 0 Å². The Kier molecular flexibility index (Phi) is 7.28. The van der Waals surface area contributed by atoms with E-state index in [4.69, 9.17) is 0 Å². The maximum absolute atomic E-state index is 12.3. The van der Waals surface area contributed by atoms with E-state index in [9.17, 15) is 19.8 Å². The van der Waals surface area contributed by atoms with Crippen molar-refractivity contribution in [2.75, 3.05) is 0 Å². The lowest BCUT2D eigenvalue weighted by Crippen LogP contribution is -2.49. The molecule has 1 aliphatic rings. The van der Waals surface area contributed by atoms with Gasteiger partial charge in [0.1, 0.15) is 0 Å². The molecule has 0 radical (unpaired) electrons. The van der Waals surface area contributed by atoms with Crippen LogP contribution in [0, 0.1) is 22.2 Å². The van der Waals surface area contributed by atoms with Crippen LogP contribution in [0.2, 0.25) is 0 Å². The highest BCUT2D eigenvalue weighted by Gasteiger charge is 2.55. The number of aliphatic carboxylic acids is 2. The van der Waals surface area contributed by atoms with Gasteiger partial charge in [-0.25, -0.2) is 0 Å². The second kappa shape index (κ2) is 8.37. The largest absolute Gasteiger partial charge is 0.481 e. The third kappa shape index (κ3) is 4.86. The molecule has 25 heavy (non-hydrogen) atoms. The summed E-state index contributed by atoms with van der Waals surface area (Å²) in [5.74, 6) is -1.87. The quantitative estimate of drug-likeness (QED) is 0.423. The van der Waals surface area contributed by atoms with Gasteiger partial charge in [0.05, 0.1) is 10.8 Å². The van der Waals surface area contributed by atoms with Gasteiger partial charge in [-0.1, -0.05) is 78.9 Å². The van der Waals surface area contributed by atoms with Crippen molar-refractivity contribution in [2.24, 2.45) is 22.2 Å². The van der Waals surface area contributed by atoms with Gasteiger partial charge in [-0.3, -0.25) is 9.59 Å². The van der Waals surface area contributed by atoms with E-state index >= 15 is 0 Å². The van der Waals surface area contributed by atoms with Gasteiger partial charge in [-0.15, -0.1) is 0 Å². The van der Waals surface area contributed by atoms with E-state index in [2.05, 4.69) is 6.92 Å². The molecular formula is C21H36O4. The van der Waals surface area contributed by atoms with Crippen LogP contribution in [-0.2, 0) is 9.59 Å². The van der Waals surface area contributed by atoms with Gasteiger partial charge in [0.2, 0.25) is 0 Å². The molecule has 3 atom stereocenters. The van der Waals surface area contributed by atoms with Crippen LogP contribution in [0.3, 0.4) is 0 Å². The summed E-state index contributed by atoms with van der Waals surface area (Å²) in [7, 11) is 0. The first-order valence-corrected chi connectivity index (χ1v) is 9.66. The fourth-order valence-electron chi connectivity index (χ4n) is 4.17. The van der Waals surface area contributed by atoms with Crippen LogP contribution in [0.25, 0.3) is 0 Å². The third-order valence-corrected chi connectivity index (χ3v) is 6.26. The van der Waals surface area contributed by atoms with Crippen molar-refractivity contribution in [3.63, 3.8) is 0 Å². The second-order valence-corrected chi connectivity index (χ2v) is 8.96. The van der Waals surface area contributed by atoms with E-state index in [0.717, 1.165) is 32.1 Å². The Morgan fingerprint density at radius 2 is 1.68 bits per heavy atom. The van der Waals surface area contributed by atoms with Gasteiger partial charge in [0, 0.05) is 0 Å². The van der Waals surface area contributed by atoms with Gasteiger partial charge >= 0.3 is 11.9 Å². The molecule has 0 saturated carbocycles. The van der Waals surface area contributed by atoms with Crippen LogP contribution in [0.1, 0.15) is 86.0 Å². The lowest BCUT2D eigenvalue weighted by atomic mass is 9.54. The molecule has 1 rings (SSSR count). The maximum Gasteiger partial charge on any atom is 0.313 e. The molecule has 3 unspecified atom stereocenters. The smallest absolute Gasteiger partial charge is 0.313 e. The number of rotatable bonds is 9. The van der Waals surface area contributed by atoms with Crippen molar-refractivity contribution in [2.45, 2.75) is 86.0 Å². The van der Waals surface area contributed by atoms with Gasteiger partial charge in [-0.05, 0) is 30.6 Å². The highest BCUT2D eigenvalue weighted by molar-refractivity contribution is 5.82. The highest BCUT2D eigenvalue weighted by Crippen LogP contribution is 2.54. The molecule has 0 bridgehead atoms. The molecule has 4 heteroatoms. The SMILES string of the molecule is CCCCCCCC1(C(=O)O)C=CCC(C(=O)O)(C(C)C(C)(C)C)C1. The van der Waals surface area contributed by atoms with E-state index < -0.39 is 22.8 Å². The molecule has 0 aromatic carbocycles. The molecule has 0 spiro atoms. The van der Waals surface area contributed by atoms with E-state index in [-0.39, 0.29) is 17.8 Å². The normalized spacial score (nSPS) is 27.9. The molecule has 2 N–H and O–H groups in total. The summed E-state index contributed by atoms with van der Waals surface area (Å²) in [5.41, 5.74) is -2.27. The lowest BCUT2D eigenvalue weighted by Gasteiger charge is -2.47. The number of hydrogen-bond donors (Lipinski definition) is 2. The van der Waals surface area contributed by atoms with Crippen LogP contribution >= 0.6 is 0 Å². The zero-order valence-electron chi connectivity index (χ0n) is 16.6. The van der Waals surface area contributed by atoms with Crippen LogP contribution in [0.5, 0.6) is 0 Å². The molecule has 144 valence electrons. The van der Waals surface area contributed by atoms with Gasteiger partial charge in [0.15, 0.2) is 0 Å². The summed E-state index contributed by atoms with van der Waals surface area (Å²) in [5, 5.41) is 20.0. The minimum Gasteiger partial charge on any atom is -0.481 e. The van der Waals surface area contributed by atoms with Crippen molar-refractivity contribution in [1.29, 1.82) is 0 Å². The summed E-state index contributed by atoms with van der Waals surface area (Å²) in [6.07, 6.45) is 9.95. The van der Waals surface area contributed by atoms with Gasteiger partial charge in [-0.2, -0.15) is 0 Å². The van der Waals surface area contributed by atoms with Crippen molar-refractivity contribution < 1.29 is 19.8 Å². The summed E-state index contributed by atoms with van der Waals surface area (Å²) in [4.78, 5) is 24.4. The molecule has 4 nitrogen and oxygen atoms in total. The molecule has 0 fully saturated rings. The van der Waals surface area contributed by atoms with Gasteiger partial charge in [0.25, 0.3) is 0 Å². The molecule has 0 saturated heterocycles. The lowest BCUT2D eigenvalue weighted by molar-refractivity contribution is -0.163. The summed E-state index contributed by atoms with van der Waals surface area (Å²) >= 11 is 0. The third-order valence-electron chi connectivity index (χ3n) is 6.26. The maximum atomic E-state index is 12.3. The van der Waals surface area contributed by atoms with Crippen LogP contribution in [0.4, 0.5) is 0 Å². The zero-order chi connectivity index (χ0) is 19.3. The number of carboxylic acid groups (broad SMARTS) is 2. The van der Waals surface area contributed by atoms with E-state index in [0.29, 0.717) is 12.8 Å². The number of allylic oxidation sites excluding steroid dienone is 1. The first-order chi connectivity index (χ1) is 11.5. The number of hydrogen-bond acceptors (Lipinski definition) is 2. The molecule has 0 aliphatic heterocycles. The zero-order valence-corrected chi connectivity index (χ0v) is 16.6. The Balaban J connectivity index is 3.08. The predicted octanol–water partition coefficient (Wildman–Crippen LogP) is 5.52. The number of carbonyl (C=O) groups is 2. The standard InChI is InChI=1S/C21H36O4/c1-6-7-8-9-10-12-20(17(22)23)13-11-14-21(15-20,18(24)25)16(2)19(3,4)5/h11,13,16H,6-10,12,14-15H2,1-5H3,(H,22,23)(H,24,25). The summed E-state index contributed by atoms with van der Waals surface area (Å²) < 4.78 is 0. The molecule has 0 amide bonds. The van der Waals surface area contributed by atoms with Crippen molar-refractivity contribution in [3.05, 3.63) is 12.2 Å². The van der Waals surface area contributed by atoms with E-state index in [1.165, 1.54) is 0 Å². The Morgan fingerprint density at radius 1 is 1.08 bits per heavy atom. The van der Waals surface area contributed by atoms with Crippen LogP contribution in [-0.4, -0.2) is 22.2 Å². The van der Waals surface area contributed by atoms with Crippen molar-refractivity contribution in [1.82, 2.24) is 0 Å². The van der Waals surface area contributed by atoms with E-state index in [1.54, 1.807) is 12.2 Å². The molecule has 1 aliphatic carbocycles. The minimum atomic E-state index is -1.05. The highest BCUT2D eigenvalue weighted by atomic mass is 16.4. The predicted molar refractivity (Wildman–Crippen MR) is 101 cm³/mol. The first-order valence-electron chi connectivity index (χ1n) is 9.66. The van der Waals surface area contributed by atoms with Gasteiger partial charge < -0.3 is 10.2 Å². The molecule has 0 aromatic heterocycles. The summed E-state index contributed by atoms with van der Waals surface area (Å²) in [6, 6.07) is 0. The Morgan fingerprint density at radius 3 is 2.16 bits per heavy atom. The molecule has 0 heterocycles. The average Bonchev–Trinajstić information content (AvgIpc) is 2.52. The Hall–Kier alpha value is -1.32. The molecule has 0 aromatic rings. The average molecular weight is 353 g/mol. The fourth-order valence-corrected chi connectivity index (χ4v) is 4.17. The number of unbranched alkanes of at least 4 members (excludes halogenated alkanes) is 4. The Bertz CT molecular complexity index is 503. The first kappa shape index (κ1) is 21.7. The van der Waals surface area contributed by atoms with Crippen molar-refractivity contribution >= 4 is 11.9 Å².